The van der Waals surface area contributed by atoms with E-state index in [1.54, 1.807) is 12.5 Å². The predicted molar refractivity (Wildman–Crippen MR) is 132 cm³/mol. The van der Waals surface area contributed by atoms with Gasteiger partial charge in [0, 0.05) is 30.3 Å². The second kappa shape index (κ2) is 10.8. The van der Waals surface area contributed by atoms with Gasteiger partial charge in [0.05, 0.1) is 12.9 Å². The Bertz CT molecular complexity index is 1150. The molecule has 0 amide bonds. The van der Waals surface area contributed by atoms with Gasteiger partial charge in [-0.3, -0.25) is 4.79 Å². The van der Waals surface area contributed by atoms with E-state index >= 15 is 0 Å². The number of aromatic nitrogens is 2. The third kappa shape index (κ3) is 5.23. The minimum atomic E-state index is -0.164. The molecule has 4 nitrogen and oxygen atoms in total. The lowest BCUT2D eigenvalue weighted by molar-refractivity contribution is 0.0969. The second-order valence-corrected chi connectivity index (χ2v) is 7.95. The molecule has 1 aliphatic carbocycles. The van der Waals surface area contributed by atoms with Gasteiger partial charge in [-0.2, -0.15) is 0 Å². The maximum absolute atomic E-state index is 12.6. The van der Waals surface area contributed by atoms with Gasteiger partial charge in [-0.1, -0.05) is 74.5 Å². The van der Waals surface area contributed by atoms with E-state index in [2.05, 4.69) is 47.4 Å². The molecule has 2 atom stereocenters. The number of ether oxygens (including phenoxy) is 1. The molecule has 0 spiro atoms. The molecule has 0 saturated carbocycles. The SMILES string of the molecule is CC.O=C1CCC(c2ccccc2)c2cc(O[C@H](Cn3ccnc3)c3ccccc3)ccc21. The van der Waals surface area contributed by atoms with E-state index in [-0.39, 0.29) is 17.8 Å². The zero-order chi connectivity index (χ0) is 23.0. The van der Waals surface area contributed by atoms with Gasteiger partial charge in [0.25, 0.3) is 0 Å². The van der Waals surface area contributed by atoms with E-state index in [4.69, 9.17) is 4.74 Å². The first-order valence-electron chi connectivity index (χ1n) is 11.7. The number of fused-ring (bicyclic) bond motifs is 1. The van der Waals surface area contributed by atoms with Gasteiger partial charge in [0.15, 0.2) is 5.78 Å². The highest BCUT2D eigenvalue weighted by Gasteiger charge is 2.27. The molecular formula is C29H30N2O2. The molecule has 0 N–H and O–H groups in total. The first kappa shape index (κ1) is 22.5. The monoisotopic (exact) mass is 438 g/mol. The first-order valence-corrected chi connectivity index (χ1v) is 11.7. The minimum Gasteiger partial charge on any atom is -0.484 e. The van der Waals surface area contributed by atoms with Crippen LogP contribution in [0.1, 0.15) is 65.8 Å². The van der Waals surface area contributed by atoms with Crippen LogP contribution in [0.3, 0.4) is 0 Å². The van der Waals surface area contributed by atoms with Crippen molar-refractivity contribution >= 4 is 5.78 Å². The molecule has 0 radical (unpaired) electrons. The van der Waals surface area contributed by atoms with Crippen LogP contribution in [-0.2, 0) is 6.54 Å². The topological polar surface area (TPSA) is 44.1 Å². The molecule has 0 saturated heterocycles. The van der Waals surface area contributed by atoms with Gasteiger partial charge in [0.1, 0.15) is 11.9 Å². The Hall–Kier alpha value is -3.66. The molecule has 0 fully saturated rings. The molecule has 1 aromatic heterocycles. The molecular weight excluding hydrogens is 408 g/mol. The predicted octanol–water partition coefficient (Wildman–Crippen LogP) is 6.84. The average molecular weight is 439 g/mol. The summed E-state index contributed by atoms with van der Waals surface area (Å²) < 4.78 is 8.52. The molecule has 4 aromatic rings. The quantitative estimate of drug-likeness (QED) is 0.331. The number of benzene rings is 3. The van der Waals surface area contributed by atoms with E-state index in [0.29, 0.717) is 13.0 Å². The molecule has 0 bridgehead atoms. The van der Waals surface area contributed by atoms with Crippen LogP contribution in [0.5, 0.6) is 5.75 Å². The van der Waals surface area contributed by atoms with Crippen molar-refractivity contribution in [2.75, 3.05) is 0 Å². The third-order valence-electron chi connectivity index (χ3n) is 5.95. The number of ketones is 1. The zero-order valence-corrected chi connectivity index (χ0v) is 19.2. The van der Waals surface area contributed by atoms with Gasteiger partial charge >= 0.3 is 0 Å². The third-order valence-corrected chi connectivity index (χ3v) is 5.95. The maximum atomic E-state index is 12.6. The van der Waals surface area contributed by atoms with E-state index in [9.17, 15) is 4.79 Å². The molecule has 1 unspecified atom stereocenters. The number of carbonyl (C=O) groups is 1. The van der Waals surface area contributed by atoms with Crippen molar-refractivity contribution in [3.05, 3.63) is 120 Å². The fourth-order valence-corrected chi connectivity index (χ4v) is 4.38. The Morgan fingerprint density at radius 3 is 2.42 bits per heavy atom. The summed E-state index contributed by atoms with van der Waals surface area (Å²) in [6.45, 7) is 4.65. The molecule has 5 rings (SSSR count). The Morgan fingerprint density at radius 1 is 1.00 bits per heavy atom. The van der Waals surface area contributed by atoms with Crippen LogP contribution < -0.4 is 4.74 Å². The summed E-state index contributed by atoms with van der Waals surface area (Å²) >= 11 is 0. The van der Waals surface area contributed by atoms with E-state index < -0.39 is 0 Å². The van der Waals surface area contributed by atoms with Crippen molar-refractivity contribution in [2.45, 2.75) is 45.3 Å². The second-order valence-electron chi connectivity index (χ2n) is 7.95. The largest absolute Gasteiger partial charge is 0.484 e. The van der Waals surface area contributed by atoms with Crippen LogP contribution in [0.25, 0.3) is 0 Å². The number of hydrogen-bond donors (Lipinski definition) is 0. The Labute approximate surface area is 195 Å². The van der Waals surface area contributed by atoms with Gasteiger partial charge in [-0.15, -0.1) is 0 Å². The summed E-state index contributed by atoms with van der Waals surface area (Å²) in [5.74, 6) is 1.20. The van der Waals surface area contributed by atoms with Crippen molar-refractivity contribution < 1.29 is 9.53 Å². The van der Waals surface area contributed by atoms with E-state index in [1.165, 1.54) is 5.56 Å². The summed E-state index contributed by atoms with van der Waals surface area (Å²) in [4.78, 5) is 16.7. The lowest BCUT2D eigenvalue weighted by atomic mass is 9.78. The molecule has 0 aliphatic heterocycles. The van der Waals surface area contributed by atoms with Gasteiger partial charge in [0.2, 0.25) is 0 Å². The van der Waals surface area contributed by atoms with Crippen molar-refractivity contribution in [1.29, 1.82) is 0 Å². The lowest BCUT2D eigenvalue weighted by Gasteiger charge is -2.27. The zero-order valence-electron chi connectivity index (χ0n) is 19.2. The minimum absolute atomic E-state index is 0.164. The highest BCUT2D eigenvalue weighted by molar-refractivity contribution is 5.99. The first-order chi connectivity index (χ1) is 16.3. The fourth-order valence-electron chi connectivity index (χ4n) is 4.38. The molecule has 1 aliphatic rings. The molecule has 1 heterocycles. The van der Waals surface area contributed by atoms with Crippen LogP contribution in [0, 0.1) is 0 Å². The van der Waals surface area contributed by atoms with Crippen molar-refractivity contribution in [3.63, 3.8) is 0 Å². The molecule has 33 heavy (non-hydrogen) atoms. The van der Waals surface area contributed by atoms with Crippen molar-refractivity contribution in [3.8, 4) is 5.75 Å². The normalized spacial score (nSPS) is 15.7. The summed E-state index contributed by atoms with van der Waals surface area (Å²) in [5, 5.41) is 0. The van der Waals surface area contributed by atoms with E-state index in [1.807, 2.05) is 61.0 Å². The molecule has 4 heteroatoms. The summed E-state index contributed by atoms with van der Waals surface area (Å²) in [6.07, 6.45) is 6.77. The summed E-state index contributed by atoms with van der Waals surface area (Å²) in [7, 11) is 0. The number of carbonyl (C=O) groups excluding carboxylic acids is 1. The van der Waals surface area contributed by atoms with Crippen molar-refractivity contribution in [1.82, 2.24) is 9.55 Å². The number of hydrogen-bond acceptors (Lipinski definition) is 3. The van der Waals surface area contributed by atoms with Crippen LogP contribution in [-0.4, -0.2) is 15.3 Å². The lowest BCUT2D eigenvalue weighted by Crippen LogP contribution is -2.18. The summed E-state index contributed by atoms with van der Waals surface area (Å²) in [5.41, 5.74) is 4.23. The Kier molecular flexibility index (Phi) is 7.36. The van der Waals surface area contributed by atoms with E-state index in [0.717, 1.165) is 28.9 Å². The van der Waals surface area contributed by atoms with Crippen LogP contribution >= 0.6 is 0 Å². The highest BCUT2D eigenvalue weighted by atomic mass is 16.5. The highest BCUT2D eigenvalue weighted by Crippen LogP contribution is 2.39. The van der Waals surface area contributed by atoms with Gasteiger partial charge in [-0.05, 0) is 41.3 Å². The molecule has 168 valence electrons. The average Bonchev–Trinajstić information content (AvgIpc) is 3.39. The summed E-state index contributed by atoms with van der Waals surface area (Å²) in [6, 6.07) is 26.6. The smallest absolute Gasteiger partial charge is 0.163 e. The Morgan fingerprint density at radius 2 is 1.73 bits per heavy atom. The fraction of sp³-hybridized carbons (Fsp3) is 0.241. The number of rotatable bonds is 6. The van der Waals surface area contributed by atoms with Crippen LogP contribution in [0.15, 0.2) is 97.6 Å². The van der Waals surface area contributed by atoms with Crippen molar-refractivity contribution in [2.24, 2.45) is 0 Å². The Balaban J connectivity index is 0.00000126. The van der Waals surface area contributed by atoms with Crippen LogP contribution in [0.2, 0.25) is 0 Å². The maximum Gasteiger partial charge on any atom is 0.163 e. The van der Waals surface area contributed by atoms with Gasteiger partial charge in [-0.25, -0.2) is 4.98 Å². The number of nitrogens with zero attached hydrogens (tertiary/aromatic N) is 2. The molecule has 3 aromatic carbocycles. The number of Topliss-reactive ketones (excluding diaryl/α,β-unsaturated/α-hetero) is 1. The number of imidazole rings is 1. The standard InChI is InChI=1S/C27H24N2O2.C2H6/c30-26-14-13-23(20-7-3-1-4-8-20)25-17-22(11-12-24(25)26)31-27(18-29-16-15-28-19-29)21-9-5-2-6-10-21;1-2/h1-12,15-17,19,23,27H,13-14,18H2;1-2H3/t23?,27-;/m1./s1. The van der Waals surface area contributed by atoms with Crippen LogP contribution in [0.4, 0.5) is 0 Å². The van der Waals surface area contributed by atoms with Gasteiger partial charge < -0.3 is 9.30 Å².